The third kappa shape index (κ3) is 3.72. The molecule has 0 spiro atoms. The summed E-state index contributed by atoms with van der Waals surface area (Å²) in [4.78, 5) is 26.2. The van der Waals surface area contributed by atoms with Crippen LogP contribution in [0.2, 0.25) is 0 Å². The molecule has 0 unspecified atom stereocenters. The maximum Gasteiger partial charge on any atom is 0.326 e. The molecule has 1 aromatic carbocycles. The molecule has 0 radical (unpaired) electrons. The Kier molecular flexibility index (Phi) is 4.80. The number of hydrogen-bond acceptors (Lipinski definition) is 3. The first kappa shape index (κ1) is 15.3. The Morgan fingerprint density at radius 3 is 2.62 bits per heavy atom. The van der Waals surface area contributed by atoms with E-state index in [0.29, 0.717) is 13.0 Å². The lowest BCUT2D eigenvalue weighted by atomic mass is 10.1. The molecular formula is C15H20N2O4. The first-order valence-corrected chi connectivity index (χ1v) is 6.95. The summed E-state index contributed by atoms with van der Waals surface area (Å²) in [5.74, 6) is -1.07. The minimum absolute atomic E-state index is 0.0749. The van der Waals surface area contributed by atoms with Crippen molar-refractivity contribution in [2.24, 2.45) is 0 Å². The SMILES string of the molecule is CN(CCc1ccccc1)C(=O)N1C[C@H](O)C[C@@H]1C(=O)O. The molecule has 2 N–H and O–H groups in total. The number of nitrogens with zero attached hydrogens (tertiary/aromatic N) is 2. The van der Waals surface area contributed by atoms with Crippen LogP contribution in [0.3, 0.4) is 0 Å². The second kappa shape index (κ2) is 6.58. The molecule has 1 fully saturated rings. The maximum atomic E-state index is 12.3. The van der Waals surface area contributed by atoms with Crippen molar-refractivity contribution in [1.82, 2.24) is 9.80 Å². The van der Waals surface area contributed by atoms with Crippen LogP contribution in [0.5, 0.6) is 0 Å². The molecule has 0 aliphatic carbocycles. The lowest BCUT2D eigenvalue weighted by Crippen LogP contribution is -2.47. The fourth-order valence-corrected chi connectivity index (χ4v) is 2.52. The number of carbonyl (C=O) groups excluding carboxylic acids is 1. The van der Waals surface area contributed by atoms with Crippen LogP contribution in [0.1, 0.15) is 12.0 Å². The molecule has 2 rings (SSSR count). The van der Waals surface area contributed by atoms with Crippen molar-refractivity contribution in [3.05, 3.63) is 35.9 Å². The number of urea groups is 1. The second-order valence-electron chi connectivity index (χ2n) is 5.34. The predicted molar refractivity (Wildman–Crippen MR) is 76.9 cm³/mol. The minimum atomic E-state index is -1.07. The number of aliphatic hydroxyl groups is 1. The summed E-state index contributed by atoms with van der Waals surface area (Å²) in [7, 11) is 1.65. The fourth-order valence-electron chi connectivity index (χ4n) is 2.52. The van der Waals surface area contributed by atoms with Crippen molar-refractivity contribution in [2.45, 2.75) is 25.0 Å². The molecule has 2 atom stereocenters. The van der Waals surface area contributed by atoms with Gasteiger partial charge in [-0.3, -0.25) is 0 Å². The lowest BCUT2D eigenvalue weighted by Gasteiger charge is -2.27. The highest BCUT2D eigenvalue weighted by Gasteiger charge is 2.39. The first-order valence-electron chi connectivity index (χ1n) is 6.95. The van der Waals surface area contributed by atoms with Crippen molar-refractivity contribution in [3.8, 4) is 0 Å². The Balaban J connectivity index is 1.94. The van der Waals surface area contributed by atoms with Crippen molar-refractivity contribution >= 4 is 12.0 Å². The molecule has 0 bridgehead atoms. The van der Waals surface area contributed by atoms with Crippen LogP contribution in [0.4, 0.5) is 4.79 Å². The Morgan fingerprint density at radius 2 is 2.00 bits per heavy atom. The average molecular weight is 292 g/mol. The van der Waals surface area contributed by atoms with Gasteiger partial charge in [0.25, 0.3) is 0 Å². The zero-order valence-electron chi connectivity index (χ0n) is 12.0. The zero-order chi connectivity index (χ0) is 15.4. The molecule has 0 saturated carbocycles. The van der Waals surface area contributed by atoms with Gasteiger partial charge in [-0.2, -0.15) is 0 Å². The van der Waals surface area contributed by atoms with E-state index in [1.165, 1.54) is 9.80 Å². The summed E-state index contributed by atoms with van der Waals surface area (Å²) in [5.41, 5.74) is 1.12. The summed E-state index contributed by atoms with van der Waals surface area (Å²) < 4.78 is 0. The number of benzene rings is 1. The fraction of sp³-hybridized carbons (Fsp3) is 0.467. The summed E-state index contributed by atoms with van der Waals surface area (Å²) in [6, 6.07) is 8.49. The second-order valence-corrected chi connectivity index (χ2v) is 5.34. The number of carboxylic acid groups (broad SMARTS) is 1. The minimum Gasteiger partial charge on any atom is -0.480 e. The van der Waals surface area contributed by atoms with Crippen LogP contribution in [0.15, 0.2) is 30.3 Å². The van der Waals surface area contributed by atoms with E-state index >= 15 is 0 Å². The Morgan fingerprint density at radius 1 is 1.33 bits per heavy atom. The van der Waals surface area contributed by atoms with Gasteiger partial charge in [0.1, 0.15) is 6.04 Å². The highest BCUT2D eigenvalue weighted by Crippen LogP contribution is 2.19. The van der Waals surface area contributed by atoms with Crippen molar-refractivity contribution in [3.63, 3.8) is 0 Å². The molecule has 1 heterocycles. The third-order valence-electron chi connectivity index (χ3n) is 3.72. The van der Waals surface area contributed by atoms with Crippen LogP contribution in [-0.4, -0.2) is 64.3 Å². The summed E-state index contributed by atoms with van der Waals surface area (Å²) in [6.07, 6.45) is 0.0303. The van der Waals surface area contributed by atoms with E-state index in [1.807, 2.05) is 30.3 Å². The smallest absolute Gasteiger partial charge is 0.326 e. The van der Waals surface area contributed by atoms with Gasteiger partial charge < -0.3 is 20.0 Å². The number of likely N-dealkylation sites (N-methyl/N-ethyl adjacent to an activating group) is 1. The number of amides is 2. The highest BCUT2D eigenvalue weighted by molar-refractivity contribution is 5.83. The van der Waals surface area contributed by atoms with Crippen molar-refractivity contribution in [1.29, 1.82) is 0 Å². The molecule has 0 aromatic heterocycles. The number of carbonyl (C=O) groups is 2. The molecule has 1 aliphatic rings. The molecule has 6 nitrogen and oxygen atoms in total. The van der Waals surface area contributed by atoms with Gasteiger partial charge in [-0.05, 0) is 12.0 Å². The van der Waals surface area contributed by atoms with E-state index in [4.69, 9.17) is 5.11 Å². The Bertz CT molecular complexity index is 506. The van der Waals surface area contributed by atoms with Crippen LogP contribution >= 0.6 is 0 Å². The normalized spacial score (nSPS) is 21.3. The standard InChI is InChI=1S/C15H20N2O4/c1-16(8-7-11-5-3-2-4-6-11)15(21)17-10-12(18)9-13(17)14(19)20/h2-6,12-13,18H,7-10H2,1H3,(H,19,20)/t12-,13-/m1/s1. The number of rotatable bonds is 4. The van der Waals surface area contributed by atoms with Crippen molar-refractivity contribution < 1.29 is 19.8 Å². The molecule has 1 aliphatic heterocycles. The average Bonchev–Trinajstić information content (AvgIpc) is 2.87. The Labute approximate surface area is 123 Å². The van der Waals surface area contributed by atoms with E-state index in [9.17, 15) is 14.7 Å². The van der Waals surface area contributed by atoms with E-state index in [2.05, 4.69) is 0 Å². The number of aliphatic hydroxyl groups excluding tert-OH is 1. The van der Waals surface area contributed by atoms with Crippen LogP contribution in [-0.2, 0) is 11.2 Å². The zero-order valence-corrected chi connectivity index (χ0v) is 12.0. The maximum absolute atomic E-state index is 12.3. The van der Waals surface area contributed by atoms with E-state index in [-0.39, 0.29) is 19.0 Å². The van der Waals surface area contributed by atoms with Gasteiger partial charge in [-0.15, -0.1) is 0 Å². The van der Waals surface area contributed by atoms with Crippen molar-refractivity contribution in [2.75, 3.05) is 20.1 Å². The number of aliphatic carboxylic acids is 1. The van der Waals surface area contributed by atoms with Gasteiger partial charge in [0.2, 0.25) is 0 Å². The number of β-amino-alcohol motifs (C(OH)–C–C–N with tert-alkyl or cyclic N) is 1. The van der Waals surface area contributed by atoms with E-state index in [1.54, 1.807) is 7.05 Å². The van der Waals surface area contributed by atoms with Gasteiger partial charge in [0, 0.05) is 26.6 Å². The van der Waals surface area contributed by atoms with Gasteiger partial charge in [0.05, 0.1) is 6.10 Å². The topological polar surface area (TPSA) is 81.1 Å². The van der Waals surface area contributed by atoms with E-state index in [0.717, 1.165) is 5.56 Å². The molecule has 2 amide bonds. The largest absolute Gasteiger partial charge is 0.480 e. The summed E-state index contributed by atoms with van der Waals surface area (Å²) in [5, 5.41) is 18.7. The molecule has 21 heavy (non-hydrogen) atoms. The Hall–Kier alpha value is -2.08. The number of hydrogen-bond donors (Lipinski definition) is 2. The van der Waals surface area contributed by atoms with Crippen LogP contribution < -0.4 is 0 Å². The highest BCUT2D eigenvalue weighted by atomic mass is 16.4. The first-order chi connectivity index (χ1) is 9.99. The third-order valence-corrected chi connectivity index (χ3v) is 3.72. The number of carboxylic acids is 1. The predicted octanol–water partition coefficient (Wildman–Crippen LogP) is 0.801. The van der Waals surface area contributed by atoms with Gasteiger partial charge in [-0.1, -0.05) is 30.3 Å². The van der Waals surface area contributed by atoms with Gasteiger partial charge in [-0.25, -0.2) is 9.59 Å². The summed E-state index contributed by atoms with van der Waals surface area (Å²) >= 11 is 0. The van der Waals surface area contributed by atoms with Crippen LogP contribution in [0, 0.1) is 0 Å². The van der Waals surface area contributed by atoms with Crippen LogP contribution in [0.25, 0.3) is 0 Å². The molecule has 1 aromatic rings. The van der Waals surface area contributed by atoms with Gasteiger partial charge in [0.15, 0.2) is 0 Å². The molecule has 6 heteroatoms. The molecule has 114 valence electrons. The molecule has 1 saturated heterocycles. The lowest BCUT2D eigenvalue weighted by molar-refractivity contribution is -0.141. The monoisotopic (exact) mass is 292 g/mol. The van der Waals surface area contributed by atoms with E-state index < -0.39 is 18.1 Å². The quantitative estimate of drug-likeness (QED) is 0.860. The van der Waals surface area contributed by atoms with Gasteiger partial charge >= 0.3 is 12.0 Å². The summed E-state index contributed by atoms with van der Waals surface area (Å²) in [6.45, 7) is 0.577. The number of likely N-dealkylation sites (tertiary alicyclic amines) is 1. The molecular weight excluding hydrogens is 272 g/mol.